The molecule has 17 atom stereocenters. The molecule has 44 nitrogen and oxygen atoms in total. The number of nitrogens with zero attached hydrogens (tertiary/aromatic N) is 2. The van der Waals surface area contributed by atoms with Crippen LogP contribution in [0.15, 0.2) is 9.98 Å². The van der Waals surface area contributed by atoms with E-state index in [1.165, 1.54) is 27.7 Å². The molecule has 0 spiro atoms. The monoisotopic (exact) mass is 1630 g/mol. The van der Waals surface area contributed by atoms with Crippen molar-refractivity contribution in [2.24, 2.45) is 68.2 Å². The van der Waals surface area contributed by atoms with Crippen molar-refractivity contribution in [3.05, 3.63) is 0 Å². The van der Waals surface area contributed by atoms with Gasteiger partial charge in [0.15, 0.2) is 11.9 Å². The van der Waals surface area contributed by atoms with Crippen LogP contribution in [0.25, 0.3) is 0 Å². The molecular weight excluding hydrogens is 1520 g/mol. The molecule has 0 radical (unpaired) electrons. The van der Waals surface area contributed by atoms with E-state index in [4.69, 9.17) is 38.6 Å². The number of hydrogen-bond donors (Lipinski definition) is 25. The number of carbonyl (C=O) groups is 17. The van der Waals surface area contributed by atoms with Crippen LogP contribution >= 0.6 is 0 Å². The van der Waals surface area contributed by atoms with Crippen molar-refractivity contribution >= 4 is 113 Å². The maximum Gasteiger partial charge on any atom is 0.490 e. The Morgan fingerprint density at radius 1 is 0.363 bits per heavy atom. The number of carboxylic acids is 5. The quantitative estimate of drug-likeness (QED) is 0.0153. The number of guanidine groups is 2. The average molecular weight is 1630 g/mol. The first-order valence-corrected chi connectivity index (χ1v) is 36.0. The summed E-state index contributed by atoms with van der Waals surface area (Å²) in [4.78, 5) is 231. The van der Waals surface area contributed by atoms with Crippen molar-refractivity contribution in [2.45, 2.75) is 244 Å². The summed E-state index contributed by atoms with van der Waals surface area (Å²) in [6.07, 6.45) is -10.1. The highest BCUT2D eigenvalue weighted by Crippen LogP contribution is 2.18. The number of carbonyl (C=O) groups excluding carboxylic acids is 12. The molecule has 644 valence electrons. The van der Waals surface area contributed by atoms with E-state index in [1.54, 1.807) is 41.5 Å². The van der Waals surface area contributed by atoms with Gasteiger partial charge in [0.25, 0.3) is 0 Å². The van der Waals surface area contributed by atoms with E-state index in [1.807, 2.05) is 5.32 Å². The van der Waals surface area contributed by atoms with Crippen LogP contribution in [0, 0.1) is 29.6 Å². The van der Waals surface area contributed by atoms with Crippen molar-refractivity contribution in [2.75, 3.05) is 26.3 Å². The highest BCUT2D eigenvalue weighted by Gasteiger charge is 2.42. The largest absolute Gasteiger partial charge is 0.490 e. The van der Waals surface area contributed by atoms with Crippen molar-refractivity contribution in [1.29, 1.82) is 0 Å². The molecular formula is C66H114F3N19O25. The number of aliphatic hydroxyl groups excluding tert-OH is 3. The molecule has 0 aromatic rings. The first-order chi connectivity index (χ1) is 52.4. The second-order valence-corrected chi connectivity index (χ2v) is 27.1. The molecule has 0 aliphatic carbocycles. The minimum Gasteiger partial charge on any atom is -0.481 e. The average Bonchev–Trinajstić information content (AvgIpc) is 0.840. The lowest BCUT2D eigenvalue weighted by molar-refractivity contribution is -0.192. The molecule has 47 heteroatoms. The van der Waals surface area contributed by atoms with Crippen molar-refractivity contribution < 1.29 is 136 Å². The fourth-order valence-electron chi connectivity index (χ4n) is 9.94. The molecule has 30 N–H and O–H groups in total. The molecule has 0 bridgehead atoms. The summed E-state index contributed by atoms with van der Waals surface area (Å²) in [5.41, 5.74) is 27.7. The number of aliphatic imine (C=N–C) groups is 2. The van der Waals surface area contributed by atoms with Gasteiger partial charge in [-0.25, -0.2) is 9.59 Å². The third-order valence-electron chi connectivity index (χ3n) is 17.2. The Kier molecular flexibility index (Phi) is 48.3. The Labute approximate surface area is 648 Å². The van der Waals surface area contributed by atoms with E-state index >= 15 is 0 Å². The lowest BCUT2D eigenvalue weighted by Gasteiger charge is -2.32. The van der Waals surface area contributed by atoms with Crippen LogP contribution in [0.2, 0.25) is 0 Å². The second-order valence-electron chi connectivity index (χ2n) is 27.1. The van der Waals surface area contributed by atoms with Crippen LogP contribution in [0.5, 0.6) is 0 Å². The lowest BCUT2D eigenvalue weighted by Crippen LogP contribution is -2.63. The van der Waals surface area contributed by atoms with Gasteiger partial charge in [-0.05, 0) is 75.0 Å². The Morgan fingerprint density at radius 2 is 0.637 bits per heavy atom. The van der Waals surface area contributed by atoms with E-state index in [2.05, 4.69) is 68.5 Å². The predicted molar refractivity (Wildman–Crippen MR) is 392 cm³/mol. The van der Waals surface area contributed by atoms with Gasteiger partial charge in [0.2, 0.25) is 70.9 Å². The maximum atomic E-state index is 14.5. The van der Waals surface area contributed by atoms with E-state index < -0.39 is 266 Å². The van der Waals surface area contributed by atoms with E-state index in [0.717, 1.165) is 6.92 Å². The Bertz CT molecular complexity index is 3290. The molecule has 0 rings (SSSR count). The Balaban J connectivity index is 0. The minimum atomic E-state index is -5.08. The molecule has 113 heavy (non-hydrogen) atoms. The van der Waals surface area contributed by atoms with Crippen molar-refractivity contribution in [3.8, 4) is 0 Å². The van der Waals surface area contributed by atoms with Crippen LogP contribution in [-0.2, 0) is 81.5 Å². The SMILES string of the molecule is CC[C@H](C)[C@H](NC(=O)[C@@H](NC(=O)[C@H](CCC(=O)O)NC(=O)[C@H](CCC(=O)O)NC(=O)[C@H](CO)NC(=O)[C@@H](NC(=O)[C@@H](NC(=O)[C@@H](NC(=O)[C@@H](N)CCCN=C(N)N)[C@@H](C)CC)C(C)C)[C@@H](C)O)C(C)C)C(=O)N[C@H](C(=O)N[C@@H](CCCN=C(N)N)C(=O)N[C@@H](CC(=O)O)C(=O)N[C@@H](CO)C(=O)O)[C@@H](C)CC.O=C(O)C(F)(F)F. The molecule has 0 saturated heterocycles. The van der Waals surface area contributed by atoms with Crippen LogP contribution < -0.4 is 92.5 Å². The highest BCUT2D eigenvalue weighted by atomic mass is 19.4. The number of rotatable bonds is 52. The number of nitrogens with two attached hydrogens (primary N) is 5. The number of aliphatic hydroxyl groups is 3. The molecule has 0 aliphatic rings. The van der Waals surface area contributed by atoms with Gasteiger partial charge in [0, 0.05) is 25.9 Å². The van der Waals surface area contributed by atoms with Crippen molar-refractivity contribution in [1.82, 2.24) is 63.8 Å². The van der Waals surface area contributed by atoms with Crippen LogP contribution in [-0.4, -0.2) is 271 Å². The van der Waals surface area contributed by atoms with Crippen LogP contribution in [0.1, 0.15) is 153 Å². The lowest BCUT2D eigenvalue weighted by atomic mass is 9.93. The predicted octanol–water partition coefficient (Wildman–Crippen LogP) is -7.02. The summed E-state index contributed by atoms with van der Waals surface area (Å²) in [6.45, 7) is 14.6. The summed E-state index contributed by atoms with van der Waals surface area (Å²) in [5, 5.41) is 104. The summed E-state index contributed by atoms with van der Waals surface area (Å²) in [5.74, 6) is -26.4. The standard InChI is InChI=1S/C64H113N19O23.C2HF3O2/c1-12-30(8)46(58(101)74-35(18-16-24-71-64(68)69)51(94)75-38(25-43(91)92)54(97)77-40(27-85)62(105)106)82-60(103)48(32(10)14-3)81-56(99)44(28(4)5)78-53(96)37(20-22-42(89)90)72-52(95)36(19-21-41(87)88)73-55(98)39(26-84)76-61(104)49(33(11)86)83-57(100)45(29(6)7)79-59(102)47(31(9)13-2)80-50(93)34(65)17-15-23-70-63(66)67;3-2(4,5)1(6)7/h28-40,44-49,84-86H,12-27,65H2,1-11H3,(H,72,95)(H,73,98)(H,74,101)(H,75,94)(H,76,104)(H,77,97)(H,78,96)(H,79,102)(H,80,93)(H,81,99)(H,82,103)(H,83,100)(H,87,88)(H,89,90)(H,91,92)(H,105,106)(H4,66,67,70)(H4,68,69,71);(H,6,7)/t30-,31-,32-,33+,34-,35-,36-,37-,38-,39-,40-,44-,45-,46-,47-,48-,49-;/m0./s1. The van der Waals surface area contributed by atoms with Gasteiger partial charge in [-0.3, -0.25) is 81.9 Å². The normalized spacial score (nSPS) is 15.7. The van der Waals surface area contributed by atoms with Crippen LogP contribution in [0.3, 0.4) is 0 Å². The fourth-order valence-corrected chi connectivity index (χ4v) is 9.94. The van der Waals surface area contributed by atoms with Gasteiger partial charge in [-0.15, -0.1) is 0 Å². The molecule has 0 aromatic heterocycles. The third-order valence-corrected chi connectivity index (χ3v) is 17.2. The number of hydrogen-bond acceptors (Lipinski definition) is 23. The number of amides is 12. The Hall–Kier alpha value is -10.8. The van der Waals surface area contributed by atoms with Gasteiger partial charge < -0.3 is 133 Å². The summed E-state index contributed by atoms with van der Waals surface area (Å²) >= 11 is 0. The number of aliphatic carboxylic acids is 5. The van der Waals surface area contributed by atoms with Crippen LogP contribution in [0.4, 0.5) is 13.2 Å². The van der Waals surface area contributed by atoms with Gasteiger partial charge in [-0.2, -0.15) is 13.2 Å². The number of carboxylic acid groups (broad SMARTS) is 5. The topological polar surface area (TPSA) is 751 Å². The molecule has 0 heterocycles. The van der Waals surface area contributed by atoms with Gasteiger partial charge in [-0.1, -0.05) is 88.5 Å². The first-order valence-electron chi connectivity index (χ1n) is 36.0. The van der Waals surface area contributed by atoms with E-state index in [0.29, 0.717) is 12.8 Å². The fraction of sp³-hybridized carbons (Fsp3) is 0.712. The third kappa shape index (κ3) is 40.3. The zero-order chi connectivity index (χ0) is 87.7. The molecule has 0 saturated carbocycles. The molecule has 12 amide bonds. The summed E-state index contributed by atoms with van der Waals surface area (Å²) in [7, 11) is 0. The molecule has 0 aliphatic heterocycles. The zero-order valence-corrected chi connectivity index (χ0v) is 64.7. The summed E-state index contributed by atoms with van der Waals surface area (Å²) in [6, 6.07) is -21.6. The van der Waals surface area contributed by atoms with E-state index in [9.17, 15) is 126 Å². The molecule has 0 unspecified atom stereocenters. The molecule has 0 aromatic carbocycles. The van der Waals surface area contributed by atoms with Gasteiger partial charge in [0.1, 0.15) is 72.5 Å². The van der Waals surface area contributed by atoms with Gasteiger partial charge in [0.05, 0.1) is 31.8 Å². The number of nitrogens with one attached hydrogen (secondary N) is 12. The molecule has 0 fully saturated rings. The number of halogens is 3. The Morgan fingerprint density at radius 3 is 0.973 bits per heavy atom. The first kappa shape index (κ1) is 104. The maximum absolute atomic E-state index is 14.5. The summed E-state index contributed by atoms with van der Waals surface area (Å²) < 4.78 is 31.7. The second kappa shape index (κ2) is 52.4. The highest BCUT2D eigenvalue weighted by molar-refractivity contribution is 6.00. The van der Waals surface area contributed by atoms with Crippen molar-refractivity contribution in [3.63, 3.8) is 0 Å². The smallest absolute Gasteiger partial charge is 0.481 e. The number of alkyl halides is 3. The zero-order valence-electron chi connectivity index (χ0n) is 64.7. The minimum absolute atomic E-state index is 0.0243. The van der Waals surface area contributed by atoms with E-state index in [-0.39, 0.29) is 57.1 Å². The van der Waals surface area contributed by atoms with Gasteiger partial charge >= 0.3 is 36.0 Å².